The molecule has 0 atom stereocenters. The second-order valence-corrected chi connectivity index (χ2v) is 5.13. The number of ether oxygens (including phenoxy) is 1. The molecule has 1 aromatic heterocycles. The van der Waals surface area contributed by atoms with E-state index in [0.29, 0.717) is 17.6 Å². The molecule has 0 aliphatic heterocycles. The molecule has 0 fully saturated rings. The van der Waals surface area contributed by atoms with E-state index in [1.165, 1.54) is 11.1 Å². The van der Waals surface area contributed by atoms with E-state index >= 15 is 0 Å². The summed E-state index contributed by atoms with van der Waals surface area (Å²) in [5.41, 5.74) is 2.48. The minimum Gasteiger partial charge on any atom is -0.377 e. The third-order valence-corrected chi connectivity index (χ3v) is 3.13. The fourth-order valence-corrected chi connectivity index (χ4v) is 2.08. The number of hydrogen-bond acceptors (Lipinski definition) is 4. The smallest absolute Gasteiger partial charge is 0.158 e. The SMILES string of the molecule is COCc1nc(Cl)cc(N(C)Cc2ccc(C)cc2)n1. The normalized spacial score (nSPS) is 10.6. The van der Waals surface area contributed by atoms with Crippen molar-refractivity contribution < 1.29 is 4.74 Å². The van der Waals surface area contributed by atoms with Gasteiger partial charge in [-0.05, 0) is 12.5 Å². The number of nitrogens with zero attached hydrogens (tertiary/aromatic N) is 3. The summed E-state index contributed by atoms with van der Waals surface area (Å²) in [5.74, 6) is 1.38. The Morgan fingerprint density at radius 1 is 1.20 bits per heavy atom. The van der Waals surface area contributed by atoms with Crippen LogP contribution < -0.4 is 4.90 Å². The van der Waals surface area contributed by atoms with E-state index in [-0.39, 0.29) is 0 Å². The van der Waals surface area contributed by atoms with E-state index in [9.17, 15) is 0 Å². The molecule has 0 saturated carbocycles. The molecule has 20 heavy (non-hydrogen) atoms. The first-order valence-electron chi connectivity index (χ1n) is 6.37. The number of benzene rings is 1. The summed E-state index contributed by atoms with van der Waals surface area (Å²) in [6.07, 6.45) is 0. The van der Waals surface area contributed by atoms with Gasteiger partial charge in [0.15, 0.2) is 5.82 Å². The lowest BCUT2D eigenvalue weighted by atomic mass is 10.1. The van der Waals surface area contributed by atoms with Crippen molar-refractivity contribution in [3.63, 3.8) is 0 Å². The molecule has 2 aromatic rings. The van der Waals surface area contributed by atoms with Gasteiger partial charge in [0.05, 0.1) is 0 Å². The quantitative estimate of drug-likeness (QED) is 0.793. The molecule has 5 heteroatoms. The summed E-state index contributed by atoms with van der Waals surface area (Å²) in [6, 6.07) is 10.2. The summed E-state index contributed by atoms with van der Waals surface area (Å²) in [4.78, 5) is 10.6. The van der Waals surface area contributed by atoms with Gasteiger partial charge in [-0.15, -0.1) is 0 Å². The standard InChI is InChI=1S/C15H18ClN3O/c1-11-4-6-12(7-5-11)9-19(2)15-8-13(16)17-14(18-15)10-20-3/h4-8H,9-10H2,1-3H3. The zero-order chi connectivity index (χ0) is 14.5. The Kier molecular flexibility index (Phi) is 4.93. The van der Waals surface area contributed by atoms with Gasteiger partial charge in [0.1, 0.15) is 17.6 Å². The van der Waals surface area contributed by atoms with Gasteiger partial charge in [0.25, 0.3) is 0 Å². The maximum atomic E-state index is 6.02. The number of aromatic nitrogens is 2. The highest BCUT2D eigenvalue weighted by molar-refractivity contribution is 6.29. The average Bonchev–Trinajstić information content (AvgIpc) is 2.41. The van der Waals surface area contributed by atoms with Crippen molar-refractivity contribution in [1.29, 1.82) is 0 Å². The number of halogens is 1. The van der Waals surface area contributed by atoms with Crippen LogP contribution in [0.1, 0.15) is 17.0 Å². The molecule has 0 bridgehead atoms. The van der Waals surface area contributed by atoms with E-state index < -0.39 is 0 Å². The summed E-state index contributed by atoms with van der Waals surface area (Å²) in [5, 5.41) is 0.429. The van der Waals surface area contributed by atoms with E-state index in [2.05, 4.69) is 41.2 Å². The molecule has 0 saturated heterocycles. The van der Waals surface area contributed by atoms with Gasteiger partial charge in [-0.2, -0.15) is 0 Å². The van der Waals surface area contributed by atoms with Crippen LogP contribution in [0, 0.1) is 6.92 Å². The summed E-state index contributed by atoms with van der Waals surface area (Å²) >= 11 is 6.02. The topological polar surface area (TPSA) is 38.2 Å². The second kappa shape index (κ2) is 6.68. The molecule has 4 nitrogen and oxygen atoms in total. The van der Waals surface area contributed by atoms with Crippen molar-refractivity contribution in [1.82, 2.24) is 9.97 Å². The van der Waals surface area contributed by atoms with Crippen molar-refractivity contribution in [3.8, 4) is 0 Å². The highest BCUT2D eigenvalue weighted by Crippen LogP contribution is 2.17. The maximum Gasteiger partial charge on any atom is 0.158 e. The number of rotatable bonds is 5. The van der Waals surface area contributed by atoms with Crippen LogP contribution in [0.15, 0.2) is 30.3 Å². The second-order valence-electron chi connectivity index (χ2n) is 4.74. The maximum absolute atomic E-state index is 6.02. The highest BCUT2D eigenvalue weighted by atomic mass is 35.5. The van der Waals surface area contributed by atoms with Crippen molar-refractivity contribution >= 4 is 17.4 Å². The average molecular weight is 292 g/mol. The first kappa shape index (κ1) is 14.8. The van der Waals surface area contributed by atoms with Gasteiger partial charge in [0.2, 0.25) is 0 Å². The molecule has 1 aromatic carbocycles. The van der Waals surface area contributed by atoms with Crippen LogP contribution >= 0.6 is 11.6 Å². The van der Waals surface area contributed by atoms with Crippen molar-refractivity contribution in [2.24, 2.45) is 0 Å². The van der Waals surface area contributed by atoms with Crippen LogP contribution in [0.3, 0.4) is 0 Å². The van der Waals surface area contributed by atoms with Crippen LogP contribution in [-0.4, -0.2) is 24.1 Å². The Bertz CT molecular complexity index is 572. The zero-order valence-electron chi connectivity index (χ0n) is 11.9. The Hall–Kier alpha value is -1.65. The summed E-state index contributed by atoms with van der Waals surface area (Å²) < 4.78 is 5.05. The molecule has 0 radical (unpaired) electrons. The number of methoxy groups -OCH3 is 1. The van der Waals surface area contributed by atoms with Crippen LogP contribution in [0.25, 0.3) is 0 Å². The van der Waals surface area contributed by atoms with Gasteiger partial charge in [-0.3, -0.25) is 0 Å². The lowest BCUT2D eigenvalue weighted by Gasteiger charge is -2.19. The molecule has 0 aliphatic carbocycles. The molecule has 0 N–H and O–H groups in total. The Morgan fingerprint density at radius 2 is 1.90 bits per heavy atom. The molecule has 0 unspecified atom stereocenters. The Morgan fingerprint density at radius 3 is 2.55 bits per heavy atom. The van der Waals surface area contributed by atoms with Crippen LogP contribution in [0.4, 0.5) is 5.82 Å². The lowest BCUT2D eigenvalue weighted by molar-refractivity contribution is 0.178. The molecular weight excluding hydrogens is 274 g/mol. The molecule has 0 aliphatic rings. The minimum absolute atomic E-state index is 0.353. The van der Waals surface area contributed by atoms with Crippen LogP contribution in [-0.2, 0) is 17.9 Å². The fraction of sp³-hybridized carbons (Fsp3) is 0.333. The molecule has 0 spiro atoms. The molecule has 0 amide bonds. The first-order chi connectivity index (χ1) is 9.58. The van der Waals surface area contributed by atoms with E-state index in [0.717, 1.165) is 12.4 Å². The van der Waals surface area contributed by atoms with Crippen molar-refractivity contribution in [3.05, 3.63) is 52.4 Å². The minimum atomic E-state index is 0.353. The number of anilines is 1. The van der Waals surface area contributed by atoms with Crippen molar-refractivity contribution in [2.45, 2.75) is 20.1 Å². The monoisotopic (exact) mass is 291 g/mol. The highest BCUT2D eigenvalue weighted by Gasteiger charge is 2.08. The Labute approximate surface area is 124 Å². The number of aryl methyl sites for hydroxylation is 1. The Balaban J connectivity index is 2.15. The molecule has 2 rings (SSSR count). The third kappa shape index (κ3) is 3.92. The van der Waals surface area contributed by atoms with E-state index in [1.807, 2.05) is 11.9 Å². The van der Waals surface area contributed by atoms with Crippen LogP contribution in [0.2, 0.25) is 5.15 Å². The molecule has 106 valence electrons. The van der Waals surface area contributed by atoms with Gasteiger partial charge >= 0.3 is 0 Å². The van der Waals surface area contributed by atoms with E-state index in [1.54, 1.807) is 13.2 Å². The largest absolute Gasteiger partial charge is 0.377 e. The summed E-state index contributed by atoms with van der Waals surface area (Å²) in [6.45, 7) is 3.20. The summed E-state index contributed by atoms with van der Waals surface area (Å²) in [7, 11) is 3.59. The third-order valence-electron chi connectivity index (χ3n) is 2.93. The van der Waals surface area contributed by atoms with Gasteiger partial charge in [0, 0.05) is 26.8 Å². The molecular formula is C15H18ClN3O. The van der Waals surface area contributed by atoms with Gasteiger partial charge in [-0.1, -0.05) is 41.4 Å². The van der Waals surface area contributed by atoms with Crippen molar-refractivity contribution in [2.75, 3.05) is 19.1 Å². The predicted molar refractivity (Wildman–Crippen MR) is 81.0 cm³/mol. The van der Waals surface area contributed by atoms with Gasteiger partial charge in [-0.25, -0.2) is 9.97 Å². The van der Waals surface area contributed by atoms with Crippen LogP contribution in [0.5, 0.6) is 0 Å². The zero-order valence-corrected chi connectivity index (χ0v) is 12.7. The predicted octanol–water partition coefficient (Wildman–Crippen LogP) is 3.22. The fourth-order valence-electron chi connectivity index (χ4n) is 1.89. The van der Waals surface area contributed by atoms with Gasteiger partial charge < -0.3 is 9.64 Å². The molecule has 1 heterocycles. The number of hydrogen-bond donors (Lipinski definition) is 0. The first-order valence-corrected chi connectivity index (χ1v) is 6.75. The lowest BCUT2D eigenvalue weighted by Crippen LogP contribution is -2.18. The van der Waals surface area contributed by atoms with E-state index in [4.69, 9.17) is 16.3 Å².